The van der Waals surface area contributed by atoms with Gasteiger partial charge in [0.05, 0.1) is 6.54 Å². The smallest absolute Gasteiger partial charge is 0.274 e. The van der Waals surface area contributed by atoms with Crippen LogP contribution in [0.15, 0.2) is 40.3 Å². The van der Waals surface area contributed by atoms with Gasteiger partial charge in [-0.15, -0.1) is 0 Å². The van der Waals surface area contributed by atoms with E-state index in [1.165, 1.54) is 15.5 Å². The molecule has 0 bridgehead atoms. The number of unbranched alkanes of at least 4 members (excludes halogenated alkanes) is 1. The van der Waals surface area contributed by atoms with Gasteiger partial charge in [-0.1, -0.05) is 19.9 Å². The number of pyridine rings is 1. The van der Waals surface area contributed by atoms with Gasteiger partial charge in [-0.3, -0.25) is 14.4 Å². The molecule has 2 aromatic heterocycles. The molecule has 0 saturated heterocycles. The number of nitrogens with one attached hydrogen (secondary N) is 3. The van der Waals surface area contributed by atoms with E-state index in [1.807, 2.05) is 0 Å². The molecule has 0 aromatic carbocycles. The zero-order valence-corrected chi connectivity index (χ0v) is 20.2. The molecule has 1 aliphatic heterocycles. The Kier molecular flexibility index (Phi) is 8.39. The maximum atomic E-state index is 12.9. The molecule has 3 N–H and O–H groups in total. The van der Waals surface area contributed by atoms with Gasteiger partial charge in [0.2, 0.25) is 11.8 Å². The van der Waals surface area contributed by atoms with Crippen molar-refractivity contribution in [3.8, 4) is 0 Å². The molecule has 0 atom stereocenters. The second-order valence-electron chi connectivity index (χ2n) is 8.88. The molecule has 2 amide bonds. The highest BCUT2D eigenvalue weighted by molar-refractivity contribution is 5.90. The number of aromatic nitrogens is 3. The van der Waals surface area contributed by atoms with Crippen molar-refractivity contribution in [3.05, 3.63) is 57.5 Å². The molecule has 0 unspecified atom stereocenters. The number of amides is 2. The lowest BCUT2D eigenvalue weighted by Gasteiger charge is -2.12. The normalized spacial score (nSPS) is 12.9. The highest BCUT2D eigenvalue weighted by Crippen LogP contribution is 2.08. The molecule has 10 nitrogen and oxygen atoms in total. The molecule has 3 rings (SSSR count). The van der Waals surface area contributed by atoms with Crippen LogP contribution in [-0.4, -0.2) is 52.0 Å². The van der Waals surface area contributed by atoms with Crippen LogP contribution >= 0.6 is 0 Å². The minimum absolute atomic E-state index is 0.0920. The summed E-state index contributed by atoms with van der Waals surface area (Å²) in [4.78, 5) is 50.5. The summed E-state index contributed by atoms with van der Waals surface area (Å²) < 4.78 is 1.51. The van der Waals surface area contributed by atoms with Crippen molar-refractivity contribution in [3.63, 3.8) is 0 Å². The van der Waals surface area contributed by atoms with E-state index in [-0.39, 0.29) is 36.0 Å². The first-order valence-corrected chi connectivity index (χ1v) is 11.5. The average molecular weight is 468 g/mol. The summed E-state index contributed by atoms with van der Waals surface area (Å²) >= 11 is 0. The number of nitrogens with zero attached hydrogens (tertiary/aromatic N) is 4. The second kappa shape index (κ2) is 11.4. The molecule has 0 saturated carbocycles. The lowest BCUT2D eigenvalue weighted by Crippen LogP contribution is -2.38. The zero-order valence-electron chi connectivity index (χ0n) is 20.2. The molecule has 1 aliphatic rings. The number of rotatable bonds is 10. The number of anilines is 1. The van der Waals surface area contributed by atoms with Crippen LogP contribution in [-0.2, 0) is 16.1 Å². The lowest BCUT2D eigenvalue weighted by molar-refractivity contribution is -0.123. The number of carbonyl (C=O) groups is 2. The number of aromatic amines is 1. The Morgan fingerprint density at radius 3 is 2.85 bits per heavy atom. The van der Waals surface area contributed by atoms with Crippen molar-refractivity contribution in [2.24, 2.45) is 10.9 Å². The number of allylic oxidation sites excluding steroid dienone is 1. The van der Waals surface area contributed by atoms with Crippen molar-refractivity contribution >= 4 is 23.2 Å². The molecule has 0 spiro atoms. The minimum atomic E-state index is -0.303. The van der Waals surface area contributed by atoms with Crippen molar-refractivity contribution in [1.29, 1.82) is 0 Å². The maximum Gasteiger partial charge on any atom is 0.274 e. The Bertz CT molecular complexity index is 1240. The number of hydrogen-bond donors (Lipinski definition) is 3. The monoisotopic (exact) mass is 467 g/mol. The van der Waals surface area contributed by atoms with Gasteiger partial charge in [0.1, 0.15) is 23.5 Å². The summed E-state index contributed by atoms with van der Waals surface area (Å²) in [6, 6.07) is 3.31. The van der Waals surface area contributed by atoms with E-state index in [4.69, 9.17) is 0 Å². The van der Waals surface area contributed by atoms with E-state index in [1.54, 1.807) is 38.5 Å². The van der Waals surface area contributed by atoms with Crippen molar-refractivity contribution in [1.82, 2.24) is 24.8 Å². The molecule has 10 heteroatoms. The van der Waals surface area contributed by atoms with Gasteiger partial charge < -0.3 is 25.1 Å². The topological polar surface area (TPSA) is 124 Å². The maximum absolute atomic E-state index is 12.9. The van der Waals surface area contributed by atoms with Gasteiger partial charge in [0.25, 0.3) is 5.56 Å². The van der Waals surface area contributed by atoms with Crippen LogP contribution in [0.2, 0.25) is 0 Å². The highest BCUT2D eigenvalue weighted by Gasteiger charge is 2.13. The van der Waals surface area contributed by atoms with Crippen LogP contribution in [0.1, 0.15) is 45.4 Å². The number of imidazole rings is 1. The molecule has 182 valence electrons. The summed E-state index contributed by atoms with van der Waals surface area (Å²) in [5, 5.41) is 6.79. The quantitative estimate of drug-likeness (QED) is 0.351. The van der Waals surface area contributed by atoms with Crippen LogP contribution in [0.25, 0.3) is 5.70 Å². The first kappa shape index (κ1) is 24.9. The number of likely N-dealkylation sites (N-methyl/N-ethyl adjacent to an activating group) is 1. The molecule has 0 aliphatic carbocycles. The van der Waals surface area contributed by atoms with Crippen LogP contribution < -0.4 is 27.0 Å². The zero-order chi connectivity index (χ0) is 24.7. The van der Waals surface area contributed by atoms with E-state index in [2.05, 4.69) is 39.4 Å². The van der Waals surface area contributed by atoms with E-state index in [0.717, 1.165) is 23.0 Å². The Balaban J connectivity index is 1.64. The fourth-order valence-electron chi connectivity index (χ4n) is 3.53. The number of fused-ring (bicyclic) bond motifs is 1. The van der Waals surface area contributed by atoms with Gasteiger partial charge in [-0.2, -0.15) is 0 Å². The summed E-state index contributed by atoms with van der Waals surface area (Å²) in [5.41, 5.74) is 1.70. The Morgan fingerprint density at radius 2 is 2.12 bits per heavy atom. The van der Waals surface area contributed by atoms with E-state index in [9.17, 15) is 14.4 Å². The van der Waals surface area contributed by atoms with Gasteiger partial charge in [-0.25, -0.2) is 9.98 Å². The molecule has 3 heterocycles. The first-order chi connectivity index (χ1) is 16.2. The average Bonchev–Trinajstić information content (AvgIpc) is 3.19. The number of H-pyrrole nitrogens is 1. The Hall–Kier alpha value is -3.69. The summed E-state index contributed by atoms with van der Waals surface area (Å²) in [6.45, 7) is 5.04. The summed E-state index contributed by atoms with van der Waals surface area (Å²) in [5.74, 6) is 0.774. The van der Waals surface area contributed by atoms with Crippen molar-refractivity contribution in [2.45, 2.75) is 46.1 Å². The van der Waals surface area contributed by atoms with E-state index >= 15 is 0 Å². The number of carbonyl (C=O) groups excluding carboxylic acids is 2. The van der Waals surface area contributed by atoms with Crippen molar-refractivity contribution < 1.29 is 9.59 Å². The predicted molar refractivity (Wildman–Crippen MR) is 130 cm³/mol. The van der Waals surface area contributed by atoms with Crippen molar-refractivity contribution in [2.75, 3.05) is 26.1 Å². The molecular formula is C24H33N7O3. The van der Waals surface area contributed by atoms with Crippen LogP contribution in [0, 0.1) is 5.92 Å². The molecule has 34 heavy (non-hydrogen) atoms. The van der Waals surface area contributed by atoms with Gasteiger partial charge in [-0.05, 0) is 43.4 Å². The Morgan fingerprint density at radius 1 is 1.32 bits per heavy atom. The first-order valence-electron chi connectivity index (χ1n) is 11.5. The summed E-state index contributed by atoms with van der Waals surface area (Å²) in [6.07, 6.45) is 7.21. The fourth-order valence-corrected chi connectivity index (χ4v) is 3.53. The van der Waals surface area contributed by atoms with Crippen LogP contribution in [0.4, 0.5) is 5.69 Å². The van der Waals surface area contributed by atoms with E-state index < -0.39 is 0 Å². The van der Waals surface area contributed by atoms with Gasteiger partial charge in [0.15, 0.2) is 5.49 Å². The molecule has 0 radical (unpaired) electrons. The van der Waals surface area contributed by atoms with Gasteiger partial charge >= 0.3 is 0 Å². The lowest BCUT2D eigenvalue weighted by atomic mass is 10.1. The Labute approximate surface area is 198 Å². The van der Waals surface area contributed by atoms with Crippen LogP contribution in [0.5, 0.6) is 0 Å². The van der Waals surface area contributed by atoms with E-state index in [0.29, 0.717) is 31.3 Å². The highest BCUT2D eigenvalue weighted by atomic mass is 16.2. The standard InChI is InChI=1S/C24H33N7O3/c1-16(2)13-18-22-23(26-15-25-18)29-19(28-22)14-31-12-8-9-17(24(31)34)27-20(32)10-6-5-7-11-21(33)30(3)4/h7-9,11-12,16,25H,5-6,10,13-15H2,1-4H3,(H,27,32)(H,26,28,29)/b11-7+. The minimum Gasteiger partial charge on any atom is -0.368 e. The third-order valence-corrected chi connectivity index (χ3v) is 5.25. The molecule has 0 fully saturated rings. The third kappa shape index (κ3) is 6.66. The SMILES string of the molecule is CC(C)CC1=c2nc(Cn3cccc(NC(=O)CCC/C=C/C(=O)N(C)C)c3=O)[nH]c2=NCN1. The molecule has 2 aromatic rings. The largest absolute Gasteiger partial charge is 0.368 e. The molecular weight excluding hydrogens is 434 g/mol. The van der Waals surface area contributed by atoms with Gasteiger partial charge in [0, 0.05) is 32.4 Å². The van der Waals surface area contributed by atoms with Crippen LogP contribution in [0.3, 0.4) is 0 Å². The second-order valence-corrected chi connectivity index (χ2v) is 8.88. The predicted octanol–water partition coefficient (Wildman–Crippen LogP) is 0.708. The number of hydrogen-bond acceptors (Lipinski definition) is 6. The fraction of sp³-hybridized carbons (Fsp3) is 0.458. The third-order valence-electron chi connectivity index (χ3n) is 5.25. The summed E-state index contributed by atoms with van der Waals surface area (Å²) in [7, 11) is 3.37.